The summed E-state index contributed by atoms with van der Waals surface area (Å²) in [6.45, 7) is 6.03. The van der Waals surface area contributed by atoms with Crippen molar-refractivity contribution in [3.05, 3.63) is 45.9 Å². The van der Waals surface area contributed by atoms with E-state index in [0.29, 0.717) is 33.6 Å². The summed E-state index contributed by atoms with van der Waals surface area (Å²) in [6.07, 6.45) is 5.28. The summed E-state index contributed by atoms with van der Waals surface area (Å²) in [5.74, 6) is -0.505. The predicted octanol–water partition coefficient (Wildman–Crippen LogP) is 5.78. The molecule has 0 spiro atoms. The maximum absolute atomic E-state index is 13.5. The quantitative estimate of drug-likeness (QED) is 0.415. The van der Waals surface area contributed by atoms with Crippen molar-refractivity contribution in [3.8, 4) is 10.4 Å². The van der Waals surface area contributed by atoms with Gasteiger partial charge in [0.05, 0.1) is 11.2 Å². The van der Waals surface area contributed by atoms with Crippen molar-refractivity contribution in [1.29, 1.82) is 0 Å². The number of thiazole rings is 1. The van der Waals surface area contributed by atoms with Crippen molar-refractivity contribution >= 4 is 52.0 Å². The van der Waals surface area contributed by atoms with Crippen LogP contribution in [-0.2, 0) is 4.79 Å². The van der Waals surface area contributed by atoms with Crippen LogP contribution in [0.3, 0.4) is 0 Å². The smallest absolute Gasteiger partial charge is 0.348 e. The first-order valence-electron chi connectivity index (χ1n) is 11.6. The van der Waals surface area contributed by atoms with Gasteiger partial charge in [0.2, 0.25) is 5.91 Å². The molecule has 0 aliphatic heterocycles. The van der Waals surface area contributed by atoms with Gasteiger partial charge >= 0.3 is 5.97 Å². The molecule has 2 N–H and O–H groups in total. The van der Waals surface area contributed by atoms with Gasteiger partial charge in [-0.15, -0.1) is 22.7 Å². The Kier molecular flexibility index (Phi) is 7.61. The lowest BCUT2D eigenvalue weighted by Gasteiger charge is -2.33. The van der Waals surface area contributed by atoms with E-state index in [4.69, 9.17) is 0 Å². The van der Waals surface area contributed by atoms with E-state index >= 15 is 0 Å². The van der Waals surface area contributed by atoms with E-state index in [0.717, 1.165) is 37.0 Å². The van der Waals surface area contributed by atoms with Crippen LogP contribution in [0.2, 0.25) is 0 Å². The first-order chi connectivity index (χ1) is 16.7. The summed E-state index contributed by atoms with van der Waals surface area (Å²) in [4.78, 5) is 48.6. The molecule has 4 rings (SSSR count). The number of amides is 2. The second-order valence-corrected chi connectivity index (χ2v) is 10.9. The highest BCUT2D eigenvalue weighted by Gasteiger charge is 2.33. The highest BCUT2D eigenvalue weighted by Crippen LogP contribution is 2.39. The standard InChI is InChI=1S/C25H28N4O4S2/c1-14(2)29(24(31)16-6-4-15(3)5-7-16)19-10-20(35-22(19)25(32)33)17-8-9-21(26-11-17)28-23(30)18-12-34-13-27-18/h8-16H,4-7H2,1-3H3,(H,32,33)(H,26,28,30)/t15-,16-. The molecule has 3 aromatic heterocycles. The molecule has 0 unspecified atom stereocenters. The van der Waals surface area contributed by atoms with Gasteiger partial charge < -0.3 is 15.3 Å². The number of carbonyl (C=O) groups is 3. The molecule has 184 valence electrons. The van der Waals surface area contributed by atoms with Gasteiger partial charge in [0.25, 0.3) is 5.91 Å². The Morgan fingerprint density at radius 1 is 1.14 bits per heavy atom. The zero-order chi connectivity index (χ0) is 25.1. The Hall–Kier alpha value is -3.11. The third-order valence-electron chi connectivity index (χ3n) is 6.24. The van der Waals surface area contributed by atoms with E-state index in [1.165, 1.54) is 11.3 Å². The van der Waals surface area contributed by atoms with Gasteiger partial charge in [-0.2, -0.15) is 0 Å². The third kappa shape index (κ3) is 5.59. The molecular formula is C25H28N4O4S2. The number of hydrogen-bond acceptors (Lipinski definition) is 7. The molecule has 3 heterocycles. The topological polar surface area (TPSA) is 112 Å². The number of anilines is 2. The average molecular weight is 513 g/mol. The summed E-state index contributed by atoms with van der Waals surface area (Å²) in [5, 5.41) is 14.3. The Morgan fingerprint density at radius 3 is 2.46 bits per heavy atom. The average Bonchev–Trinajstić information content (AvgIpc) is 3.51. The number of aromatic nitrogens is 2. The van der Waals surface area contributed by atoms with E-state index in [1.807, 2.05) is 13.8 Å². The van der Waals surface area contributed by atoms with Crippen LogP contribution in [0.4, 0.5) is 11.5 Å². The molecule has 1 aliphatic carbocycles. The second-order valence-electron chi connectivity index (χ2n) is 9.15. The van der Waals surface area contributed by atoms with Crippen LogP contribution in [0.25, 0.3) is 10.4 Å². The van der Waals surface area contributed by atoms with Gasteiger partial charge in [0.1, 0.15) is 16.4 Å². The molecule has 1 aliphatic rings. The van der Waals surface area contributed by atoms with Crippen molar-refractivity contribution in [2.24, 2.45) is 11.8 Å². The number of rotatable bonds is 7. The fourth-order valence-corrected chi connectivity index (χ4v) is 5.84. The highest BCUT2D eigenvalue weighted by atomic mass is 32.1. The van der Waals surface area contributed by atoms with Crippen molar-refractivity contribution in [2.45, 2.75) is 52.5 Å². The van der Waals surface area contributed by atoms with Gasteiger partial charge in [-0.25, -0.2) is 14.8 Å². The van der Waals surface area contributed by atoms with Crippen LogP contribution < -0.4 is 10.2 Å². The molecule has 0 bridgehead atoms. The molecule has 3 aromatic rings. The summed E-state index contributed by atoms with van der Waals surface area (Å²) in [7, 11) is 0. The van der Waals surface area contributed by atoms with Gasteiger partial charge in [0, 0.05) is 34.0 Å². The molecule has 1 fully saturated rings. The number of carbonyl (C=O) groups excluding carboxylic acids is 2. The number of nitrogens with zero attached hydrogens (tertiary/aromatic N) is 3. The molecular weight excluding hydrogens is 484 g/mol. The minimum atomic E-state index is -1.06. The molecule has 0 atom stereocenters. The number of pyridine rings is 1. The minimum Gasteiger partial charge on any atom is -0.477 e. The Balaban J connectivity index is 1.59. The fourth-order valence-electron chi connectivity index (χ4n) is 4.33. The lowest BCUT2D eigenvalue weighted by Crippen LogP contribution is -2.42. The summed E-state index contributed by atoms with van der Waals surface area (Å²) < 4.78 is 0. The molecule has 1 saturated carbocycles. The number of thiophene rings is 1. The summed E-state index contributed by atoms with van der Waals surface area (Å²) >= 11 is 2.45. The molecule has 0 radical (unpaired) electrons. The zero-order valence-corrected chi connectivity index (χ0v) is 21.5. The van der Waals surface area contributed by atoms with E-state index in [-0.39, 0.29) is 28.7 Å². The number of hydrogen-bond donors (Lipinski definition) is 2. The normalized spacial score (nSPS) is 17.8. The monoisotopic (exact) mass is 512 g/mol. The zero-order valence-electron chi connectivity index (χ0n) is 19.9. The number of carboxylic acid groups (broad SMARTS) is 1. The van der Waals surface area contributed by atoms with E-state index in [2.05, 4.69) is 22.2 Å². The lowest BCUT2D eigenvalue weighted by atomic mass is 9.82. The summed E-state index contributed by atoms with van der Waals surface area (Å²) in [6, 6.07) is 5.02. The van der Waals surface area contributed by atoms with Crippen molar-refractivity contribution in [1.82, 2.24) is 9.97 Å². The molecule has 10 heteroatoms. The van der Waals surface area contributed by atoms with Crippen LogP contribution in [0.1, 0.15) is 66.6 Å². The first-order valence-corrected chi connectivity index (χ1v) is 13.4. The number of aromatic carboxylic acids is 1. The predicted molar refractivity (Wildman–Crippen MR) is 138 cm³/mol. The van der Waals surface area contributed by atoms with Crippen LogP contribution >= 0.6 is 22.7 Å². The Bertz CT molecular complexity index is 1200. The number of carboxylic acids is 1. The Morgan fingerprint density at radius 2 is 1.89 bits per heavy atom. The van der Waals surface area contributed by atoms with Gasteiger partial charge in [-0.3, -0.25) is 9.59 Å². The largest absolute Gasteiger partial charge is 0.477 e. The van der Waals surface area contributed by atoms with Crippen molar-refractivity contribution in [2.75, 3.05) is 10.2 Å². The van der Waals surface area contributed by atoms with Crippen molar-refractivity contribution < 1.29 is 19.5 Å². The van der Waals surface area contributed by atoms with E-state index in [9.17, 15) is 19.5 Å². The van der Waals surface area contributed by atoms with Crippen LogP contribution in [0, 0.1) is 11.8 Å². The molecule has 2 amide bonds. The maximum Gasteiger partial charge on any atom is 0.348 e. The maximum atomic E-state index is 13.5. The molecule has 35 heavy (non-hydrogen) atoms. The summed E-state index contributed by atoms with van der Waals surface area (Å²) in [5.41, 5.74) is 3.04. The molecule has 8 nitrogen and oxygen atoms in total. The van der Waals surface area contributed by atoms with Crippen LogP contribution in [0.15, 0.2) is 35.3 Å². The van der Waals surface area contributed by atoms with Gasteiger partial charge in [-0.05, 0) is 63.6 Å². The second kappa shape index (κ2) is 10.7. The van der Waals surface area contributed by atoms with E-state index < -0.39 is 5.97 Å². The first kappa shape index (κ1) is 25.0. The molecule has 0 aromatic carbocycles. The highest BCUT2D eigenvalue weighted by molar-refractivity contribution is 7.18. The number of nitrogens with one attached hydrogen (secondary N) is 1. The van der Waals surface area contributed by atoms with Gasteiger partial charge in [-0.1, -0.05) is 6.92 Å². The lowest BCUT2D eigenvalue weighted by molar-refractivity contribution is -0.123. The fraction of sp³-hybridized carbons (Fsp3) is 0.400. The van der Waals surface area contributed by atoms with Gasteiger partial charge in [0.15, 0.2) is 0 Å². The minimum absolute atomic E-state index is 0.00280. The molecule has 0 saturated heterocycles. The van der Waals surface area contributed by atoms with Crippen molar-refractivity contribution in [3.63, 3.8) is 0 Å². The van der Waals surface area contributed by atoms with Crippen LogP contribution in [-0.4, -0.2) is 38.9 Å². The van der Waals surface area contributed by atoms with E-state index in [1.54, 1.807) is 40.2 Å². The third-order valence-corrected chi connectivity index (χ3v) is 7.99. The van der Waals surface area contributed by atoms with Crippen LogP contribution in [0.5, 0.6) is 0 Å². The SMILES string of the molecule is CC(C)N(c1cc(-c2ccc(NC(=O)c3cscn3)nc2)sc1C(=O)O)C(=O)[C@H]1CC[C@H](C)CC1. The Labute approximate surface area is 212 Å².